The maximum Gasteiger partial charge on any atom is 0.345 e. The van der Waals surface area contributed by atoms with Gasteiger partial charge in [0.1, 0.15) is 4.21 Å². The van der Waals surface area contributed by atoms with Crippen molar-refractivity contribution in [3.05, 3.63) is 46.2 Å². The van der Waals surface area contributed by atoms with Gasteiger partial charge in [0.05, 0.1) is 23.1 Å². The van der Waals surface area contributed by atoms with Crippen LogP contribution in [0.5, 0.6) is 0 Å². The predicted molar refractivity (Wildman–Crippen MR) is 82.8 cm³/mol. The number of hydrogen-bond donors (Lipinski definition) is 0. The second-order valence-corrected chi connectivity index (χ2v) is 6.93. The first kappa shape index (κ1) is 15.7. The van der Waals surface area contributed by atoms with Gasteiger partial charge in [-0.05, 0) is 30.6 Å². The molecule has 2 aromatic rings. The minimum Gasteiger partial charge on any atom is -0.462 e. The number of carbonyl (C=O) groups is 1. The summed E-state index contributed by atoms with van der Waals surface area (Å²) in [5, 5.41) is 0. The van der Waals surface area contributed by atoms with Crippen molar-refractivity contribution in [1.82, 2.24) is 3.96 Å². The van der Waals surface area contributed by atoms with Gasteiger partial charge in [0.25, 0.3) is 5.56 Å². The van der Waals surface area contributed by atoms with E-state index in [0.29, 0.717) is 11.4 Å². The number of rotatable bonds is 5. The summed E-state index contributed by atoms with van der Waals surface area (Å²) in [5.41, 5.74) is 0.0322. The van der Waals surface area contributed by atoms with E-state index in [1.165, 1.54) is 3.96 Å². The molecule has 0 saturated carbocycles. The maximum absolute atomic E-state index is 12.5. The molecule has 1 atom stereocenters. The van der Waals surface area contributed by atoms with Gasteiger partial charge in [-0.25, -0.2) is 8.75 Å². The van der Waals surface area contributed by atoms with Gasteiger partial charge >= 0.3 is 5.97 Å². The lowest BCUT2D eigenvalue weighted by atomic mass is 10.3. The second-order valence-electron chi connectivity index (χ2n) is 4.04. The van der Waals surface area contributed by atoms with Crippen molar-refractivity contribution in [3.8, 4) is 5.69 Å². The van der Waals surface area contributed by atoms with E-state index in [0.717, 1.165) is 11.5 Å². The number of nitrogens with zero attached hydrogens (tertiary/aromatic N) is 1. The van der Waals surface area contributed by atoms with E-state index in [2.05, 4.69) is 0 Å². The van der Waals surface area contributed by atoms with Gasteiger partial charge in [0.15, 0.2) is 5.56 Å². The van der Waals surface area contributed by atoms with Crippen LogP contribution >= 0.6 is 11.5 Å². The molecule has 0 N–H and O–H groups in total. The number of ether oxygens (including phenoxy) is 1. The van der Waals surface area contributed by atoms with E-state index in [1.54, 1.807) is 38.1 Å². The largest absolute Gasteiger partial charge is 0.462 e. The van der Waals surface area contributed by atoms with Gasteiger partial charge in [-0.1, -0.05) is 25.1 Å². The van der Waals surface area contributed by atoms with Crippen LogP contribution in [-0.2, 0) is 15.5 Å². The first-order valence-corrected chi connectivity index (χ1v) is 8.56. The minimum atomic E-state index is -1.39. The molecule has 1 unspecified atom stereocenters. The quantitative estimate of drug-likeness (QED) is 0.791. The third-order valence-electron chi connectivity index (χ3n) is 2.72. The van der Waals surface area contributed by atoms with E-state index in [9.17, 15) is 13.8 Å². The van der Waals surface area contributed by atoms with Crippen molar-refractivity contribution in [2.75, 3.05) is 12.4 Å². The Morgan fingerprint density at radius 1 is 1.29 bits per heavy atom. The van der Waals surface area contributed by atoms with Crippen LogP contribution in [0.3, 0.4) is 0 Å². The summed E-state index contributed by atoms with van der Waals surface area (Å²) in [6.45, 7) is 3.57. The SMILES string of the molecule is CCOC(=O)c1c(S(=O)CC)sn(-c2ccccc2)c1=O. The molecular formula is C14H15NO4S2. The fourth-order valence-corrected chi connectivity index (χ4v) is 4.15. The lowest BCUT2D eigenvalue weighted by Gasteiger charge is -2.00. The Kier molecular flexibility index (Phi) is 5.08. The van der Waals surface area contributed by atoms with Crippen molar-refractivity contribution < 1.29 is 13.7 Å². The lowest BCUT2D eigenvalue weighted by Crippen LogP contribution is -2.21. The summed E-state index contributed by atoms with van der Waals surface area (Å²) < 4.78 is 18.7. The molecular weight excluding hydrogens is 310 g/mol. The minimum absolute atomic E-state index is 0.120. The summed E-state index contributed by atoms with van der Waals surface area (Å²) >= 11 is 1.03. The zero-order chi connectivity index (χ0) is 15.4. The van der Waals surface area contributed by atoms with Gasteiger partial charge in [0, 0.05) is 5.75 Å². The molecule has 0 bridgehead atoms. The molecule has 112 valence electrons. The first-order valence-electron chi connectivity index (χ1n) is 6.47. The highest BCUT2D eigenvalue weighted by Gasteiger charge is 2.26. The molecule has 0 radical (unpaired) electrons. The number of para-hydroxylation sites is 1. The van der Waals surface area contributed by atoms with Crippen molar-refractivity contribution in [1.29, 1.82) is 0 Å². The van der Waals surface area contributed by atoms with Crippen molar-refractivity contribution in [3.63, 3.8) is 0 Å². The molecule has 0 aliphatic carbocycles. The van der Waals surface area contributed by atoms with Crippen LogP contribution < -0.4 is 5.56 Å². The molecule has 7 heteroatoms. The Morgan fingerprint density at radius 2 is 1.95 bits per heavy atom. The summed E-state index contributed by atoms with van der Waals surface area (Å²) in [4.78, 5) is 24.5. The number of carbonyl (C=O) groups excluding carboxylic acids is 1. The van der Waals surface area contributed by atoms with Crippen LogP contribution in [0.1, 0.15) is 24.2 Å². The first-order chi connectivity index (χ1) is 10.1. The van der Waals surface area contributed by atoms with Gasteiger partial charge in [-0.15, -0.1) is 0 Å². The molecule has 5 nitrogen and oxygen atoms in total. The summed E-state index contributed by atoms with van der Waals surface area (Å²) in [5.74, 6) is -0.383. The van der Waals surface area contributed by atoms with Gasteiger partial charge in [-0.3, -0.25) is 9.00 Å². The Bertz CT molecular complexity index is 718. The van der Waals surface area contributed by atoms with E-state index in [4.69, 9.17) is 4.74 Å². The average Bonchev–Trinajstić information content (AvgIpc) is 2.85. The van der Waals surface area contributed by atoms with Gasteiger partial charge in [0.2, 0.25) is 0 Å². The van der Waals surface area contributed by atoms with E-state index in [-0.39, 0.29) is 16.4 Å². The third kappa shape index (κ3) is 3.14. The number of benzene rings is 1. The highest BCUT2D eigenvalue weighted by atomic mass is 32.2. The summed E-state index contributed by atoms with van der Waals surface area (Å²) in [7, 11) is -1.39. The third-order valence-corrected chi connectivity index (χ3v) is 5.57. The molecule has 1 heterocycles. The molecule has 0 saturated heterocycles. The maximum atomic E-state index is 12.5. The van der Waals surface area contributed by atoms with E-state index in [1.807, 2.05) is 6.07 Å². The van der Waals surface area contributed by atoms with Crippen LogP contribution in [0.25, 0.3) is 5.69 Å². The van der Waals surface area contributed by atoms with Gasteiger partial charge in [-0.2, -0.15) is 0 Å². The highest BCUT2D eigenvalue weighted by molar-refractivity contribution is 7.87. The predicted octanol–water partition coefficient (Wildman–Crippen LogP) is 2.20. The Hall–Kier alpha value is -1.73. The Labute approximate surface area is 128 Å². The molecule has 1 aromatic heterocycles. The summed E-state index contributed by atoms with van der Waals surface area (Å²) in [6, 6.07) is 8.93. The monoisotopic (exact) mass is 325 g/mol. The number of esters is 1. The van der Waals surface area contributed by atoms with Crippen LogP contribution in [0.4, 0.5) is 0 Å². The van der Waals surface area contributed by atoms with E-state index >= 15 is 0 Å². The molecule has 21 heavy (non-hydrogen) atoms. The normalized spacial score (nSPS) is 12.1. The molecule has 0 amide bonds. The fraction of sp³-hybridized carbons (Fsp3) is 0.286. The van der Waals surface area contributed by atoms with Crippen LogP contribution in [-0.4, -0.2) is 26.5 Å². The summed E-state index contributed by atoms with van der Waals surface area (Å²) in [6.07, 6.45) is 0. The molecule has 2 rings (SSSR count). The average molecular weight is 325 g/mol. The zero-order valence-corrected chi connectivity index (χ0v) is 13.3. The number of hydrogen-bond acceptors (Lipinski definition) is 5. The van der Waals surface area contributed by atoms with E-state index < -0.39 is 22.3 Å². The topological polar surface area (TPSA) is 65.4 Å². The lowest BCUT2D eigenvalue weighted by molar-refractivity contribution is 0.0521. The van der Waals surface area contributed by atoms with Crippen LogP contribution in [0, 0.1) is 0 Å². The zero-order valence-electron chi connectivity index (χ0n) is 11.7. The van der Waals surface area contributed by atoms with Crippen LogP contribution in [0.15, 0.2) is 39.3 Å². The molecule has 1 aromatic carbocycles. The van der Waals surface area contributed by atoms with Crippen LogP contribution in [0.2, 0.25) is 0 Å². The van der Waals surface area contributed by atoms with Crippen molar-refractivity contribution >= 4 is 28.3 Å². The highest BCUT2D eigenvalue weighted by Crippen LogP contribution is 2.21. The molecule has 0 aliphatic rings. The van der Waals surface area contributed by atoms with Crippen molar-refractivity contribution in [2.45, 2.75) is 18.1 Å². The molecule has 0 aliphatic heterocycles. The smallest absolute Gasteiger partial charge is 0.345 e. The Morgan fingerprint density at radius 3 is 2.52 bits per heavy atom. The standard InChI is InChI=1S/C14H15NO4S2/c1-3-19-13(17)11-12(16)15(10-8-6-5-7-9-10)20-14(11)21(18)4-2/h5-9H,3-4H2,1-2H3. The van der Waals surface area contributed by atoms with Gasteiger partial charge < -0.3 is 4.74 Å². The number of aromatic nitrogens is 1. The van der Waals surface area contributed by atoms with Crippen molar-refractivity contribution in [2.24, 2.45) is 0 Å². The molecule has 0 spiro atoms. The Balaban J connectivity index is 2.63. The second kappa shape index (κ2) is 6.82. The molecule has 0 fully saturated rings. The fourth-order valence-electron chi connectivity index (χ4n) is 1.75.